The molecule has 15 heavy (non-hydrogen) atoms. The first kappa shape index (κ1) is 12.5. The number of hydrogen-bond donors (Lipinski definition) is 2. The van der Waals surface area contributed by atoms with Crippen molar-refractivity contribution in [3.63, 3.8) is 0 Å². The van der Waals surface area contributed by atoms with E-state index in [0.717, 1.165) is 25.7 Å². The van der Waals surface area contributed by atoms with E-state index in [4.69, 9.17) is 0 Å². The van der Waals surface area contributed by atoms with Gasteiger partial charge in [-0.1, -0.05) is 26.2 Å². The predicted molar refractivity (Wildman–Crippen MR) is 60.5 cm³/mol. The lowest BCUT2D eigenvalue weighted by Crippen LogP contribution is -2.42. The van der Waals surface area contributed by atoms with Gasteiger partial charge in [0.15, 0.2) is 0 Å². The van der Waals surface area contributed by atoms with Gasteiger partial charge in [-0.05, 0) is 26.2 Å². The minimum absolute atomic E-state index is 0.129. The van der Waals surface area contributed by atoms with E-state index in [1.54, 1.807) is 6.92 Å². The predicted octanol–water partition coefficient (Wildman–Crippen LogP) is 1.84. The fourth-order valence-corrected chi connectivity index (χ4v) is 2.24. The molecular weight excluding hydrogens is 190 g/mol. The fraction of sp³-hybridized carbons (Fsp3) is 0.917. The molecule has 1 saturated carbocycles. The molecule has 1 aliphatic carbocycles. The lowest BCUT2D eigenvalue weighted by Gasteiger charge is -2.23. The summed E-state index contributed by atoms with van der Waals surface area (Å²) >= 11 is 0. The number of amides is 1. The van der Waals surface area contributed by atoms with Crippen LogP contribution in [0.1, 0.15) is 52.4 Å². The van der Waals surface area contributed by atoms with Crippen molar-refractivity contribution in [2.75, 3.05) is 6.54 Å². The molecule has 0 saturated heterocycles. The van der Waals surface area contributed by atoms with Crippen molar-refractivity contribution in [2.24, 2.45) is 5.92 Å². The van der Waals surface area contributed by atoms with Gasteiger partial charge < -0.3 is 10.4 Å². The van der Waals surface area contributed by atoms with Gasteiger partial charge in [0.05, 0.1) is 5.60 Å². The maximum Gasteiger partial charge on any atom is 0.223 e. The Bertz CT molecular complexity index is 208. The van der Waals surface area contributed by atoms with Crippen LogP contribution in [0.15, 0.2) is 0 Å². The third kappa shape index (κ3) is 4.20. The molecule has 0 radical (unpaired) electrons. The van der Waals surface area contributed by atoms with E-state index < -0.39 is 5.60 Å². The normalized spacial score (nSPS) is 21.3. The van der Waals surface area contributed by atoms with Crippen LogP contribution in [-0.2, 0) is 4.79 Å². The Hall–Kier alpha value is -0.570. The first-order valence-electron chi connectivity index (χ1n) is 6.05. The zero-order valence-electron chi connectivity index (χ0n) is 9.88. The highest BCUT2D eigenvalue weighted by molar-refractivity contribution is 5.78. The second-order valence-corrected chi connectivity index (χ2v) is 4.95. The molecule has 0 aromatic carbocycles. The largest absolute Gasteiger partial charge is 0.388 e. The van der Waals surface area contributed by atoms with E-state index in [0.29, 0.717) is 6.54 Å². The third-order valence-corrected chi connectivity index (χ3v) is 3.16. The Morgan fingerprint density at radius 3 is 2.60 bits per heavy atom. The monoisotopic (exact) mass is 213 g/mol. The van der Waals surface area contributed by atoms with Crippen LogP contribution in [0, 0.1) is 5.92 Å². The number of hydrogen-bond acceptors (Lipinski definition) is 2. The van der Waals surface area contributed by atoms with Crippen LogP contribution in [0.25, 0.3) is 0 Å². The van der Waals surface area contributed by atoms with Crippen molar-refractivity contribution in [3.05, 3.63) is 0 Å². The highest BCUT2D eigenvalue weighted by atomic mass is 16.3. The summed E-state index contributed by atoms with van der Waals surface area (Å²) in [7, 11) is 0. The van der Waals surface area contributed by atoms with E-state index in [2.05, 4.69) is 5.32 Å². The average molecular weight is 213 g/mol. The van der Waals surface area contributed by atoms with Gasteiger partial charge in [0.2, 0.25) is 5.91 Å². The molecule has 0 aromatic rings. The van der Waals surface area contributed by atoms with Crippen molar-refractivity contribution in [1.29, 1.82) is 0 Å². The number of aliphatic hydroxyl groups is 1. The summed E-state index contributed by atoms with van der Waals surface area (Å²) < 4.78 is 0. The molecule has 1 unspecified atom stereocenters. The molecule has 1 amide bonds. The van der Waals surface area contributed by atoms with Crippen LogP contribution in [-0.4, -0.2) is 23.2 Å². The van der Waals surface area contributed by atoms with E-state index in [1.807, 2.05) is 6.92 Å². The van der Waals surface area contributed by atoms with Crippen molar-refractivity contribution in [1.82, 2.24) is 5.32 Å². The quantitative estimate of drug-likeness (QED) is 0.732. The Morgan fingerprint density at radius 1 is 1.47 bits per heavy atom. The lowest BCUT2D eigenvalue weighted by atomic mass is 10.00. The van der Waals surface area contributed by atoms with E-state index in [-0.39, 0.29) is 11.8 Å². The number of carbonyl (C=O) groups is 1. The van der Waals surface area contributed by atoms with Crippen molar-refractivity contribution >= 4 is 5.91 Å². The molecule has 0 aliphatic heterocycles. The minimum atomic E-state index is -0.747. The number of nitrogens with one attached hydrogen (secondary N) is 1. The van der Waals surface area contributed by atoms with E-state index >= 15 is 0 Å². The van der Waals surface area contributed by atoms with Crippen molar-refractivity contribution in [3.8, 4) is 0 Å². The summed E-state index contributed by atoms with van der Waals surface area (Å²) in [6.07, 6.45) is 6.04. The summed E-state index contributed by atoms with van der Waals surface area (Å²) in [4.78, 5) is 11.7. The lowest BCUT2D eigenvalue weighted by molar-refractivity contribution is -0.126. The molecule has 0 heterocycles. The Kier molecular flexibility index (Phi) is 4.58. The third-order valence-electron chi connectivity index (χ3n) is 3.16. The first-order valence-corrected chi connectivity index (χ1v) is 6.05. The molecule has 88 valence electrons. The van der Waals surface area contributed by atoms with Crippen LogP contribution in [0.4, 0.5) is 0 Å². The van der Waals surface area contributed by atoms with Gasteiger partial charge in [-0.3, -0.25) is 4.79 Å². The highest BCUT2D eigenvalue weighted by Crippen LogP contribution is 2.24. The smallest absolute Gasteiger partial charge is 0.223 e. The van der Waals surface area contributed by atoms with Gasteiger partial charge in [-0.25, -0.2) is 0 Å². The maximum absolute atomic E-state index is 11.7. The summed E-state index contributed by atoms with van der Waals surface area (Å²) in [5.41, 5.74) is -0.747. The van der Waals surface area contributed by atoms with E-state index in [9.17, 15) is 9.90 Å². The van der Waals surface area contributed by atoms with Crippen LogP contribution in [0.2, 0.25) is 0 Å². The second-order valence-electron chi connectivity index (χ2n) is 4.95. The van der Waals surface area contributed by atoms with Gasteiger partial charge in [0, 0.05) is 12.5 Å². The van der Waals surface area contributed by atoms with Gasteiger partial charge >= 0.3 is 0 Å². The zero-order chi connectivity index (χ0) is 11.3. The van der Waals surface area contributed by atoms with Crippen molar-refractivity contribution in [2.45, 2.75) is 58.0 Å². The molecule has 0 aromatic heterocycles. The summed E-state index contributed by atoms with van der Waals surface area (Å²) in [5, 5.41) is 12.8. The molecule has 1 atom stereocenters. The van der Waals surface area contributed by atoms with Gasteiger partial charge in [-0.2, -0.15) is 0 Å². The molecule has 1 aliphatic rings. The van der Waals surface area contributed by atoms with Gasteiger partial charge in [-0.15, -0.1) is 0 Å². The van der Waals surface area contributed by atoms with Crippen LogP contribution in [0.5, 0.6) is 0 Å². The summed E-state index contributed by atoms with van der Waals surface area (Å²) in [6, 6.07) is 0. The fourth-order valence-electron chi connectivity index (χ4n) is 2.24. The molecular formula is C12H23NO2. The SMILES string of the molecule is CCCC(C)(O)CNC(=O)C1CCCC1. The summed E-state index contributed by atoms with van der Waals surface area (Å²) in [6.45, 7) is 4.20. The van der Waals surface area contributed by atoms with Gasteiger partial charge in [0.25, 0.3) is 0 Å². The number of carbonyl (C=O) groups excluding carboxylic acids is 1. The Labute approximate surface area is 92.3 Å². The molecule has 1 fully saturated rings. The van der Waals surface area contributed by atoms with Crippen LogP contribution < -0.4 is 5.32 Å². The minimum Gasteiger partial charge on any atom is -0.388 e. The Balaban J connectivity index is 2.26. The van der Waals surface area contributed by atoms with Gasteiger partial charge in [0.1, 0.15) is 0 Å². The second kappa shape index (κ2) is 5.50. The molecule has 0 bridgehead atoms. The van der Waals surface area contributed by atoms with Crippen LogP contribution in [0.3, 0.4) is 0 Å². The molecule has 2 N–H and O–H groups in total. The number of rotatable bonds is 5. The first-order chi connectivity index (χ1) is 7.05. The Morgan fingerprint density at radius 2 is 2.07 bits per heavy atom. The average Bonchev–Trinajstić information content (AvgIpc) is 2.67. The maximum atomic E-state index is 11.7. The van der Waals surface area contributed by atoms with Crippen LogP contribution >= 0.6 is 0 Å². The zero-order valence-corrected chi connectivity index (χ0v) is 9.88. The molecule has 3 nitrogen and oxygen atoms in total. The van der Waals surface area contributed by atoms with E-state index in [1.165, 1.54) is 12.8 Å². The molecule has 3 heteroatoms. The highest BCUT2D eigenvalue weighted by Gasteiger charge is 2.25. The topological polar surface area (TPSA) is 49.3 Å². The summed E-state index contributed by atoms with van der Waals surface area (Å²) in [5.74, 6) is 0.325. The molecule has 1 rings (SSSR count). The standard InChI is InChI=1S/C12H23NO2/c1-3-8-12(2,15)9-13-11(14)10-6-4-5-7-10/h10,15H,3-9H2,1-2H3,(H,13,14). The van der Waals surface area contributed by atoms with Crippen molar-refractivity contribution < 1.29 is 9.90 Å². The molecule has 0 spiro atoms.